The summed E-state index contributed by atoms with van der Waals surface area (Å²) in [5, 5.41) is 11.2. The molecule has 0 unspecified atom stereocenters. The van der Waals surface area contributed by atoms with Crippen LogP contribution in [0.2, 0.25) is 0 Å². The highest BCUT2D eigenvalue weighted by Crippen LogP contribution is 2.22. The van der Waals surface area contributed by atoms with Crippen molar-refractivity contribution in [3.05, 3.63) is 89.7 Å². The highest BCUT2D eigenvalue weighted by Gasteiger charge is 2.12. The van der Waals surface area contributed by atoms with E-state index in [2.05, 4.69) is 27.7 Å². The molecule has 4 rings (SSSR count). The summed E-state index contributed by atoms with van der Waals surface area (Å²) in [5.74, 6) is 0.176. The van der Waals surface area contributed by atoms with Crippen molar-refractivity contribution in [3.63, 3.8) is 0 Å². The molecule has 0 spiro atoms. The van der Waals surface area contributed by atoms with Gasteiger partial charge in [-0.2, -0.15) is 5.10 Å². The summed E-state index contributed by atoms with van der Waals surface area (Å²) in [5.41, 5.74) is 5.05. The van der Waals surface area contributed by atoms with Gasteiger partial charge in [-0.25, -0.2) is 0 Å². The first-order valence-corrected chi connectivity index (χ1v) is 10.1. The fourth-order valence-corrected chi connectivity index (χ4v) is 3.33. The van der Waals surface area contributed by atoms with Gasteiger partial charge in [-0.1, -0.05) is 65.3 Å². The Balaban J connectivity index is 1.28. The summed E-state index contributed by atoms with van der Waals surface area (Å²) in [7, 11) is 1.90. The van der Waals surface area contributed by atoms with Crippen LogP contribution in [0, 0.1) is 6.92 Å². The fraction of sp³-hybridized carbons (Fsp3) is 0.208. The van der Waals surface area contributed by atoms with E-state index in [-0.39, 0.29) is 12.5 Å². The third kappa shape index (κ3) is 5.67. The lowest BCUT2D eigenvalue weighted by atomic mass is 10.1. The quantitative estimate of drug-likeness (QED) is 0.471. The first-order valence-electron chi connectivity index (χ1n) is 10.1. The molecule has 158 valence electrons. The van der Waals surface area contributed by atoms with Crippen LogP contribution >= 0.6 is 0 Å². The predicted octanol–water partition coefficient (Wildman–Crippen LogP) is 3.97. The maximum absolute atomic E-state index is 12.4. The van der Waals surface area contributed by atoms with E-state index in [9.17, 15) is 4.79 Å². The number of anilines is 1. The van der Waals surface area contributed by atoms with Gasteiger partial charge in [-0.3, -0.25) is 19.7 Å². The molecule has 0 aliphatic carbocycles. The number of aryl methyl sites for hydroxylation is 1. The van der Waals surface area contributed by atoms with Gasteiger partial charge in [0.15, 0.2) is 0 Å². The Morgan fingerprint density at radius 1 is 1.10 bits per heavy atom. The average molecular weight is 415 g/mol. The third-order valence-electron chi connectivity index (χ3n) is 4.86. The molecule has 2 aromatic heterocycles. The lowest BCUT2D eigenvalue weighted by Gasteiger charge is -2.14. The van der Waals surface area contributed by atoms with Crippen LogP contribution in [0.1, 0.15) is 16.7 Å². The number of hydrogen-bond acceptors (Lipinski definition) is 5. The molecule has 0 atom stereocenters. The minimum Gasteiger partial charge on any atom is -0.338 e. The van der Waals surface area contributed by atoms with Crippen LogP contribution in [-0.2, 0) is 17.9 Å². The first-order chi connectivity index (χ1) is 15.0. The van der Waals surface area contributed by atoms with Crippen LogP contribution in [0.25, 0.3) is 11.3 Å². The zero-order chi connectivity index (χ0) is 21.6. The Hall–Kier alpha value is -3.71. The topological polar surface area (TPSA) is 76.2 Å². The Bertz CT molecular complexity index is 1130. The average Bonchev–Trinajstić information content (AvgIpc) is 3.39. The van der Waals surface area contributed by atoms with Gasteiger partial charge in [0.05, 0.1) is 19.3 Å². The van der Waals surface area contributed by atoms with Gasteiger partial charge >= 0.3 is 0 Å². The van der Waals surface area contributed by atoms with Crippen LogP contribution in [-0.4, -0.2) is 39.3 Å². The maximum Gasteiger partial charge on any atom is 0.240 e. The summed E-state index contributed by atoms with van der Waals surface area (Å²) in [6.07, 6.45) is 3.84. The van der Waals surface area contributed by atoms with Crippen molar-refractivity contribution in [3.8, 4) is 11.3 Å². The van der Waals surface area contributed by atoms with E-state index in [1.165, 1.54) is 11.1 Å². The number of hydrogen-bond donors (Lipinski definition) is 1. The molecule has 4 aromatic rings. The van der Waals surface area contributed by atoms with Crippen molar-refractivity contribution < 1.29 is 9.32 Å². The molecule has 1 N–H and O–H groups in total. The van der Waals surface area contributed by atoms with Gasteiger partial charge in [0.2, 0.25) is 11.8 Å². The Morgan fingerprint density at radius 2 is 1.87 bits per heavy atom. The number of likely N-dealkylation sites (N-methyl/N-ethyl adjacent to an activating group) is 1. The molecular weight excluding hydrogens is 390 g/mol. The van der Waals surface area contributed by atoms with E-state index in [0.717, 1.165) is 17.7 Å². The van der Waals surface area contributed by atoms with E-state index in [4.69, 9.17) is 4.52 Å². The summed E-state index contributed by atoms with van der Waals surface area (Å²) in [6, 6.07) is 19.9. The van der Waals surface area contributed by atoms with Gasteiger partial charge < -0.3 is 4.52 Å². The number of carbonyl (C=O) groups excluding carboxylic acids is 1. The maximum atomic E-state index is 12.4. The second kappa shape index (κ2) is 9.40. The molecule has 2 heterocycles. The highest BCUT2D eigenvalue weighted by atomic mass is 16.5. The predicted molar refractivity (Wildman–Crippen MR) is 119 cm³/mol. The molecule has 0 aliphatic rings. The fourth-order valence-electron chi connectivity index (χ4n) is 3.33. The van der Waals surface area contributed by atoms with Crippen molar-refractivity contribution in [1.82, 2.24) is 19.8 Å². The van der Waals surface area contributed by atoms with Crippen molar-refractivity contribution in [1.29, 1.82) is 0 Å². The molecule has 31 heavy (non-hydrogen) atoms. The van der Waals surface area contributed by atoms with Crippen LogP contribution in [0.5, 0.6) is 0 Å². The molecule has 1 amide bonds. The lowest BCUT2D eigenvalue weighted by molar-refractivity contribution is -0.117. The van der Waals surface area contributed by atoms with Crippen molar-refractivity contribution >= 4 is 11.8 Å². The van der Waals surface area contributed by atoms with Gasteiger partial charge in [0, 0.05) is 29.9 Å². The highest BCUT2D eigenvalue weighted by molar-refractivity contribution is 5.91. The standard InChI is InChI=1S/C24H25N5O2/c1-18-8-10-21(11-9-18)22-12-24(31-27-22)26-23(30)17-28(2)14-20-13-25-29(16-20)15-19-6-4-3-5-7-19/h3-13,16H,14-15,17H2,1-2H3,(H,26,30). The van der Waals surface area contributed by atoms with E-state index >= 15 is 0 Å². The van der Waals surface area contributed by atoms with E-state index in [1.54, 1.807) is 6.07 Å². The number of nitrogens with zero attached hydrogens (tertiary/aromatic N) is 4. The molecule has 7 heteroatoms. The van der Waals surface area contributed by atoms with Gasteiger partial charge in [0.25, 0.3) is 0 Å². The summed E-state index contributed by atoms with van der Waals surface area (Å²) < 4.78 is 7.17. The zero-order valence-corrected chi connectivity index (χ0v) is 17.7. The number of carbonyl (C=O) groups is 1. The molecule has 0 aliphatic heterocycles. The van der Waals surface area contributed by atoms with Gasteiger partial charge in [-0.05, 0) is 19.5 Å². The number of nitrogens with one attached hydrogen (secondary N) is 1. The minimum atomic E-state index is -0.161. The lowest BCUT2D eigenvalue weighted by Crippen LogP contribution is -2.29. The van der Waals surface area contributed by atoms with Crippen molar-refractivity contribution in [2.75, 3.05) is 18.9 Å². The summed E-state index contributed by atoms with van der Waals surface area (Å²) in [4.78, 5) is 14.3. The third-order valence-corrected chi connectivity index (χ3v) is 4.86. The van der Waals surface area contributed by atoms with Crippen molar-refractivity contribution in [2.24, 2.45) is 0 Å². The molecule has 0 saturated heterocycles. The first kappa shape index (κ1) is 20.6. The summed E-state index contributed by atoms with van der Waals surface area (Å²) in [6.45, 7) is 3.60. The minimum absolute atomic E-state index is 0.161. The second-order valence-corrected chi connectivity index (χ2v) is 7.69. The van der Waals surface area contributed by atoms with Crippen molar-refractivity contribution in [2.45, 2.75) is 20.0 Å². The van der Waals surface area contributed by atoms with Gasteiger partial charge in [-0.15, -0.1) is 0 Å². The van der Waals surface area contributed by atoms with Gasteiger partial charge in [0.1, 0.15) is 5.69 Å². The van der Waals surface area contributed by atoms with E-state index in [1.807, 2.05) is 78.4 Å². The second-order valence-electron chi connectivity index (χ2n) is 7.69. The SMILES string of the molecule is Cc1ccc(-c2cc(NC(=O)CN(C)Cc3cnn(Cc4ccccc4)c3)on2)cc1. The molecule has 7 nitrogen and oxygen atoms in total. The van der Waals surface area contributed by atoms with E-state index in [0.29, 0.717) is 18.1 Å². The summed E-state index contributed by atoms with van der Waals surface area (Å²) >= 11 is 0. The van der Waals surface area contributed by atoms with Crippen LogP contribution in [0.15, 0.2) is 77.6 Å². The van der Waals surface area contributed by atoms with Crippen LogP contribution in [0.4, 0.5) is 5.88 Å². The monoisotopic (exact) mass is 415 g/mol. The van der Waals surface area contributed by atoms with Crippen LogP contribution < -0.4 is 5.32 Å². The Kier molecular flexibility index (Phi) is 6.24. The van der Waals surface area contributed by atoms with Crippen LogP contribution in [0.3, 0.4) is 0 Å². The molecule has 2 aromatic carbocycles. The molecule has 0 radical (unpaired) electrons. The Morgan fingerprint density at radius 3 is 2.65 bits per heavy atom. The number of aromatic nitrogens is 3. The molecule has 0 fully saturated rings. The number of benzene rings is 2. The normalized spacial score (nSPS) is 11.1. The molecule has 0 saturated carbocycles. The Labute approximate surface area is 181 Å². The zero-order valence-electron chi connectivity index (χ0n) is 17.7. The van der Waals surface area contributed by atoms with E-state index < -0.39 is 0 Å². The molecular formula is C24H25N5O2. The molecule has 0 bridgehead atoms. The smallest absolute Gasteiger partial charge is 0.240 e. The largest absolute Gasteiger partial charge is 0.338 e. The number of amides is 1. The number of rotatable bonds is 8.